The van der Waals surface area contributed by atoms with Crippen LogP contribution in [0.1, 0.15) is 28.3 Å². The molecule has 2 saturated carbocycles. The molecule has 4 unspecified atom stereocenters. The lowest BCUT2D eigenvalue weighted by Crippen LogP contribution is -2.42. The molecule has 3 amide bonds. The van der Waals surface area contributed by atoms with Gasteiger partial charge in [0.15, 0.2) is 6.61 Å². The number of H-pyrrole nitrogens is 1. The summed E-state index contributed by atoms with van der Waals surface area (Å²) in [7, 11) is 0. The summed E-state index contributed by atoms with van der Waals surface area (Å²) >= 11 is 6.35. The molecule has 228 valence electrons. The minimum absolute atomic E-state index is 0.0332. The van der Waals surface area contributed by atoms with E-state index < -0.39 is 0 Å². The Kier molecular flexibility index (Phi) is 7.03. The summed E-state index contributed by atoms with van der Waals surface area (Å²) in [4.78, 5) is 58.2. The third-order valence-electron chi connectivity index (χ3n) is 9.84. The van der Waals surface area contributed by atoms with Gasteiger partial charge in [0, 0.05) is 26.2 Å². The fraction of sp³-hybridized carbons (Fsp3) is 0.294. The van der Waals surface area contributed by atoms with Crippen LogP contribution in [-0.2, 0) is 14.4 Å². The normalized spacial score (nSPS) is 27.7. The molecule has 2 aliphatic carbocycles. The van der Waals surface area contributed by atoms with Crippen LogP contribution in [0.25, 0.3) is 0 Å². The summed E-state index contributed by atoms with van der Waals surface area (Å²) in [6, 6.07) is 22.6. The molecule has 8 rings (SSSR count). The fourth-order valence-corrected chi connectivity index (χ4v) is 11.2. The number of ether oxygens (including phenoxy) is 1. The number of halogens is 1. The Bertz CT molecular complexity index is 1910. The molecule has 2 aliphatic heterocycles. The van der Waals surface area contributed by atoms with E-state index in [2.05, 4.69) is 26.2 Å². The number of aromatic nitrogens is 1. The van der Waals surface area contributed by atoms with Gasteiger partial charge in [-0.1, -0.05) is 57.6 Å². The average molecular weight is 703 g/mol. The standard InChI is InChI=1S/C34H28BrN3O5S2/c1-16-4-2-3-5-23(16)36-24(39)15-43-20-12-6-17(7-13-20)25-26-21-14-22(29(26)44-31-30(25)45-34(42)37-31)28-27(21)32(40)38(33(28)41)19-10-8-18(35)9-11-19/h2-13,21-22,25-29H,14-15H2,1H3,(H,36,39)(H,37,42)/t21-,22-,25-,26?,27?,28?,29?/m1/s1. The van der Waals surface area contributed by atoms with E-state index >= 15 is 0 Å². The average Bonchev–Trinajstić information content (AvgIpc) is 3.77. The Morgan fingerprint density at radius 3 is 2.42 bits per heavy atom. The number of hydrogen-bond acceptors (Lipinski definition) is 7. The number of carbonyl (C=O) groups is 3. The molecule has 3 fully saturated rings. The zero-order valence-corrected chi connectivity index (χ0v) is 27.3. The van der Waals surface area contributed by atoms with Crippen molar-refractivity contribution in [2.24, 2.45) is 29.6 Å². The zero-order valence-electron chi connectivity index (χ0n) is 24.1. The second-order valence-corrected chi connectivity index (χ2v) is 15.3. The number of benzene rings is 3. The van der Waals surface area contributed by atoms with Crippen LogP contribution in [0.3, 0.4) is 0 Å². The highest BCUT2D eigenvalue weighted by molar-refractivity contribution is 9.10. The number of amides is 3. The Hall–Kier alpha value is -3.67. The minimum Gasteiger partial charge on any atom is -0.484 e. The van der Waals surface area contributed by atoms with E-state index in [1.165, 1.54) is 16.2 Å². The lowest BCUT2D eigenvalue weighted by Gasteiger charge is -2.43. The molecule has 0 spiro atoms. The number of fused-ring (bicyclic) bond motifs is 9. The van der Waals surface area contributed by atoms with Crippen LogP contribution in [-0.4, -0.2) is 34.6 Å². The van der Waals surface area contributed by atoms with Crippen LogP contribution >= 0.6 is 39.0 Å². The summed E-state index contributed by atoms with van der Waals surface area (Å²) in [6.07, 6.45) is 0.830. The number of aromatic amines is 1. The first-order valence-corrected chi connectivity index (χ1v) is 17.4. The molecule has 4 aromatic rings. The van der Waals surface area contributed by atoms with Gasteiger partial charge in [-0.25, -0.2) is 0 Å². The molecule has 3 heterocycles. The second-order valence-electron chi connectivity index (χ2n) is 12.2. The first-order chi connectivity index (χ1) is 21.8. The fourth-order valence-electron chi connectivity index (χ4n) is 8.05. The van der Waals surface area contributed by atoms with Crippen LogP contribution in [0.2, 0.25) is 0 Å². The summed E-state index contributed by atoms with van der Waals surface area (Å²) in [5.74, 6) is -0.481. The monoisotopic (exact) mass is 701 g/mol. The Balaban J connectivity index is 1.06. The molecular weight excluding hydrogens is 674 g/mol. The summed E-state index contributed by atoms with van der Waals surface area (Å²) in [6.45, 7) is 1.81. The topological polar surface area (TPSA) is 109 Å². The number of aryl methyl sites for hydroxylation is 1. The van der Waals surface area contributed by atoms with Gasteiger partial charge in [-0.2, -0.15) is 0 Å². The lowest BCUT2D eigenvalue weighted by atomic mass is 9.68. The number of hydrogen-bond donors (Lipinski definition) is 2. The van der Waals surface area contributed by atoms with E-state index in [1.807, 2.05) is 79.7 Å². The maximum atomic E-state index is 13.9. The SMILES string of the molecule is Cc1ccccc1NC(=O)COc1ccc([C@H]2c3sc(=O)[nH]c3SC3C2[C@H]2C[C@@H]3C3C(=O)N(c4ccc(Br)cc4)C(=O)C32)cc1. The molecule has 2 bridgehead atoms. The van der Waals surface area contributed by atoms with Crippen molar-refractivity contribution >= 4 is 68.1 Å². The van der Waals surface area contributed by atoms with Crippen LogP contribution < -0.4 is 19.8 Å². The van der Waals surface area contributed by atoms with Gasteiger partial charge in [-0.3, -0.25) is 24.1 Å². The maximum Gasteiger partial charge on any atom is 0.305 e. The van der Waals surface area contributed by atoms with E-state index in [0.29, 0.717) is 11.4 Å². The highest BCUT2D eigenvalue weighted by Crippen LogP contribution is 2.68. The number of para-hydroxylation sites is 1. The number of anilines is 2. The van der Waals surface area contributed by atoms with Gasteiger partial charge >= 0.3 is 4.87 Å². The Morgan fingerprint density at radius 1 is 0.978 bits per heavy atom. The molecule has 45 heavy (non-hydrogen) atoms. The van der Waals surface area contributed by atoms with Crippen molar-refractivity contribution in [2.45, 2.75) is 29.5 Å². The van der Waals surface area contributed by atoms with Gasteiger partial charge < -0.3 is 15.0 Å². The van der Waals surface area contributed by atoms with Gasteiger partial charge in [-0.05, 0) is 84.7 Å². The number of thioether (sulfide) groups is 1. The summed E-state index contributed by atoms with van der Waals surface area (Å²) in [5, 5.41) is 3.87. The smallest absolute Gasteiger partial charge is 0.305 e. The molecule has 4 aliphatic rings. The number of thiazole rings is 1. The van der Waals surface area contributed by atoms with E-state index in [-0.39, 0.29) is 70.0 Å². The maximum absolute atomic E-state index is 13.9. The zero-order chi connectivity index (χ0) is 31.0. The summed E-state index contributed by atoms with van der Waals surface area (Å²) < 4.78 is 6.70. The van der Waals surface area contributed by atoms with Crippen molar-refractivity contribution in [2.75, 3.05) is 16.8 Å². The number of carbonyl (C=O) groups excluding carboxylic acids is 3. The largest absolute Gasteiger partial charge is 0.484 e. The van der Waals surface area contributed by atoms with Crippen molar-refractivity contribution < 1.29 is 19.1 Å². The number of rotatable bonds is 6. The van der Waals surface area contributed by atoms with Crippen molar-refractivity contribution in [3.05, 3.63) is 103 Å². The second kappa shape index (κ2) is 11.0. The molecule has 11 heteroatoms. The molecule has 1 aromatic heterocycles. The number of nitrogens with one attached hydrogen (secondary N) is 2. The van der Waals surface area contributed by atoms with Crippen molar-refractivity contribution in [3.63, 3.8) is 0 Å². The van der Waals surface area contributed by atoms with Gasteiger partial charge in [0.25, 0.3) is 5.91 Å². The van der Waals surface area contributed by atoms with E-state index in [9.17, 15) is 19.2 Å². The first kappa shape index (κ1) is 28.8. The Labute approximate surface area is 275 Å². The van der Waals surface area contributed by atoms with E-state index in [1.54, 1.807) is 11.8 Å². The highest BCUT2D eigenvalue weighted by atomic mass is 79.9. The molecule has 3 aromatic carbocycles. The van der Waals surface area contributed by atoms with Gasteiger partial charge in [0.1, 0.15) is 5.75 Å². The number of imide groups is 1. The molecule has 8 nitrogen and oxygen atoms in total. The van der Waals surface area contributed by atoms with E-state index in [4.69, 9.17) is 4.74 Å². The molecule has 7 atom stereocenters. The highest BCUT2D eigenvalue weighted by Gasteiger charge is 2.69. The lowest BCUT2D eigenvalue weighted by molar-refractivity contribution is -0.123. The van der Waals surface area contributed by atoms with Crippen LogP contribution in [0.5, 0.6) is 5.75 Å². The van der Waals surface area contributed by atoms with Gasteiger partial charge in [0.2, 0.25) is 11.8 Å². The third-order valence-corrected chi connectivity index (χ3v) is 13.0. The quantitative estimate of drug-likeness (QED) is 0.232. The predicted molar refractivity (Wildman–Crippen MR) is 177 cm³/mol. The third kappa shape index (κ3) is 4.70. The predicted octanol–water partition coefficient (Wildman–Crippen LogP) is 6.20. The van der Waals surface area contributed by atoms with E-state index in [0.717, 1.165) is 37.6 Å². The first-order valence-electron chi connectivity index (χ1n) is 14.9. The van der Waals surface area contributed by atoms with Gasteiger partial charge in [-0.15, -0.1) is 11.8 Å². The van der Waals surface area contributed by atoms with Crippen molar-refractivity contribution in [3.8, 4) is 5.75 Å². The molecule has 2 N–H and O–H groups in total. The van der Waals surface area contributed by atoms with Crippen LogP contribution in [0.15, 0.2) is 87.1 Å². The van der Waals surface area contributed by atoms with Gasteiger partial charge in [0.05, 0.1) is 22.5 Å². The van der Waals surface area contributed by atoms with Crippen LogP contribution in [0, 0.1) is 36.5 Å². The van der Waals surface area contributed by atoms with Crippen molar-refractivity contribution in [1.29, 1.82) is 0 Å². The molecule has 1 saturated heterocycles. The van der Waals surface area contributed by atoms with Crippen molar-refractivity contribution in [1.82, 2.24) is 4.98 Å². The Morgan fingerprint density at radius 2 is 1.69 bits per heavy atom. The molecule has 0 radical (unpaired) electrons. The number of nitrogens with zero attached hydrogens (tertiary/aromatic N) is 1. The minimum atomic E-state index is -0.359. The van der Waals surface area contributed by atoms with Crippen LogP contribution in [0.4, 0.5) is 11.4 Å². The molecular formula is C34H28BrN3O5S2. The summed E-state index contributed by atoms with van der Waals surface area (Å²) in [5.41, 5.74) is 3.37.